The van der Waals surface area contributed by atoms with E-state index in [2.05, 4.69) is 53.0 Å². The second-order valence-electron chi connectivity index (χ2n) is 7.97. The lowest BCUT2D eigenvalue weighted by atomic mass is 10.0. The summed E-state index contributed by atoms with van der Waals surface area (Å²) in [6.45, 7) is 13.9. The van der Waals surface area contributed by atoms with Crippen LogP contribution >= 0.6 is 0 Å². The molecule has 0 radical (unpaired) electrons. The summed E-state index contributed by atoms with van der Waals surface area (Å²) in [5.41, 5.74) is 6.30. The van der Waals surface area contributed by atoms with Crippen LogP contribution in [0.3, 0.4) is 0 Å². The number of fused-ring (bicyclic) bond motifs is 1. The average Bonchev–Trinajstić information content (AvgIpc) is 2.56. The smallest absolute Gasteiger partial charge is 0.146 e. The van der Waals surface area contributed by atoms with Crippen LogP contribution in [0.15, 0.2) is 30.3 Å². The van der Waals surface area contributed by atoms with Crippen LogP contribution in [0.25, 0.3) is 10.8 Å². The molecule has 1 nitrogen and oxygen atoms in total. The molecule has 0 saturated carbocycles. The van der Waals surface area contributed by atoms with Gasteiger partial charge in [0, 0.05) is 12.5 Å². The number of benzene rings is 2. The first-order valence-corrected chi connectivity index (χ1v) is 11.6. The van der Waals surface area contributed by atoms with E-state index in [-0.39, 0.29) is 5.82 Å². The third-order valence-corrected chi connectivity index (χ3v) is 11.8. The zero-order chi connectivity index (χ0) is 20.4. The summed E-state index contributed by atoms with van der Waals surface area (Å²) in [4.78, 5) is 0. The van der Waals surface area contributed by atoms with Crippen LogP contribution in [0.4, 0.5) is 4.39 Å². The summed E-state index contributed by atoms with van der Waals surface area (Å²) >= 11 is 0. The molecule has 0 heterocycles. The molecule has 0 aliphatic heterocycles. The fraction of sp³-hybridized carbons (Fsp3) is 0.478. The Kier molecular flexibility index (Phi) is 6.16. The van der Waals surface area contributed by atoms with E-state index >= 15 is 0 Å². The SMILES string of the molecule is [2H]c1cc(COC)cc2ccc(F)c(C#C[Si](C(C)C)(C(C)C)C(C)C)c12. The molecule has 2 aromatic rings. The minimum atomic E-state index is -1.97. The van der Waals surface area contributed by atoms with Crippen LogP contribution in [0, 0.1) is 17.3 Å². The van der Waals surface area contributed by atoms with Crippen molar-refractivity contribution in [3.8, 4) is 11.5 Å². The Balaban J connectivity index is 2.73. The molecule has 2 rings (SSSR count). The summed E-state index contributed by atoms with van der Waals surface area (Å²) in [5, 5.41) is 1.44. The van der Waals surface area contributed by atoms with E-state index in [1.165, 1.54) is 6.07 Å². The zero-order valence-electron chi connectivity index (χ0n) is 18.0. The first kappa shape index (κ1) is 19.1. The van der Waals surface area contributed by atoms with Gasteiger partial charge >= 0.3 is 0 Å². The predicted octanol–water partition coefficient (Wildman–Crippen LogP) is 6.69. The van der Waals surface area contributed by atoms with Gasteiger partial charge in [-0.05, 0) is 39.7 Å². The summed E-state index contributed by atoms with van der Waals surface area (Å²) in [5.74, 6) is 2.87. The third-order valence-electron chi connectivity index (χ3n) is 5.51. The molecule has 0 bridgehead atoms. The monoisotopic (exact) mass is 371 g/mol. The van der Waals surface area contributed by atoms with E-state index in [4.69, 9.17) is 6.11 Å². The Labute approximate surface area is 160 Å². The predicted molar refractivity (Wildman–Crippen MR) is 113 cm³/mol. The maximum atomic E-state index is 14.7. The van der Waals surface area contributed by atoms with E-state index in [9.17, 15) is 4.39 Å². The van der Waals surface area contributed by atoms with Crippen molar-refractivity contribution in [1.29, 1.82) is 0 Å². The standard InChI is InChI=1S/C23H31FOSi/c1-16(2)26(17(3)4,18(5)6)13-12-22-21-10-8-19(15-25-7)14-20(21)9-11-23(22)24/h8-11,14,16-18H,15H2,1-7H3/i10D. The first-order valence-electron chi connectivity index (χ1n) is 9.88. The second-order valence-corrected chi connectivity index (χ2v) is 13.6. The Morgan fingerprint density at radius 3 is 2.23 bits per heavy atom. The minimum absolute atomic E-state index is 0.300. The highest BCUT2D eigenvalue weighted by Gasteiger charge is 2.41. The third kappa shape index (κ3) is 3.87. The van der Waals surface area contributed by atoms with E-state index < -0.39 is 8.07 Å². The highest BCUT2D eigenvalue weighted by molar-refractivity contribution is 6.90. The van der Waals surface area contributed by atoms with Crippen LogP contribution < -0.4 is 0 Å². The quantitative estimate of drug-likeness (QED) is 0.420. The average molecular weight is 372 g/mol. The Bertz CT molecular complexity index is 856. The molecule has 0 fully saturated rings. The maximum absolute atomic E-state index is 14.7. The van der Waals surface area contributed by atoms with Gasteiger partial charge in [-0.25, -0.2) is 4.39 Å². The molecule has 0 aromatic heterocycles. The van der Waals surface area contributed by atoms with Crippen molar-refractivity contribution < 1.29 is 10.5 Å². The van der Waals surface area contributed by atoms with Crippen molar-refractivity contribution in [1.82, 2.24) is 0 Å². The second kappa shape index (κ2) is 8.37. The van der Waals surface area contributed by atoms with Gasteiger partial charge in [-0.3, -0.25) is 0 Å². The van der Waals surface area contributed by atoms with E-state index in [0.717, 1.165) is 10.9 Å². The molecule has 0 amide bonds. The largest absolute Gasteiger partial charge is 0.380 e. The number of ether oxygens (including phenoxy) is 1. The van der Waals surface area contributed by atoms with Crippen LogP contribution in [-0.4, -0.2) is 15.2 Å². The van der Waals surface area contributed by atoms with Gasteiger partial charge in [-0.15, -0.1) is 5.54 Å². The van der Waals surface area contributed by atoms with Gasteiger partial charge in [0.15, 0.2) is 0 Å². The van der Waals surface area contributed by atoms with E-state index in [1.807, 2.05) is 6.07 Å². The molecule has 0 N–H and O–H groups in total. The van der Waals surface area contributed by atoms with Crippen LogP contribution in [0.1, 0.15) is 54.0 Å². The van der Waals surface area contributed by atoms with Gasteiger partial charge in [-0.2, -0.15) is 0 Å². The number of methoxy groups -OCH3 is 1. The van der Waals surface area contributed by atoms with Crippen molar-refractivity contribution in [2.45, 2.75) is 64.8 Å². The Morgan fingerprint density at radius 2 is 1.69 bits per heavy atom. The van der Waals surface area contributed by atoms with Crippen molar-refractivity contribution in [3.05, 3.63) is 47.3 Å². The highest BCUT2D eigenvalue weighted by Crippen LogP contribution is 2.41. The molecule has 3 heteroatoms. The highest BCUT2D eigenvalue weighted by atomic mass is 28.3. The molecule has 140 valence electrons. The molecule has 0 atom stereocenters. The summed E-state index contributed by atoms with van der Waals surface area (Å²) in [6.07, 6.45) is 0. The molecule has 26 heavy (non-hydrogen) atoms. The first-order chi connectivity index (χ1) is 12.6. The lowest BCUT2D eigenvalue weighted by Crippen LogP contribution is -2.43. The van der Waals surface area contributed by atoms with Gasteiger partial charge in [0.25, 0.3) is 0 Å². The fourth-order valence-corrected chi connectivity index (χ4v) is 9.46. The summed E-state index contributed by atoms with van der Waals surface area (Å²) in [7, 11) is -0.342. The van der Waals surface area contributed by atoms with Crippen molar-refractivity contribution >= 4 is 18.8 Å². The number of hydrogen-bond donors (Lipinski definition) is 0. The normalized spacial score (nSPS) is 12.7. The zero-order valence-corrected chi connectivity index (χ0v) is 18.0. The fourth-order valence-electron chi connectivity index (χ4n) is 4.25. The number of rotatable bonds is 5. The molecule has 0 spiro atoms. The molecule has 0 aliphatic rings. The summed E-state index contributed by atoms with van der Waals surface area (Å²) in [6, 6.07) is 7.19. The number of halogens is 1. The lowest BCUT2D eigenvalue weighted by molar-refractivity contribution is 0.185. The molecular formula is C23H31FOSi. The topological polar surface area (TPSA) is 9.23 Å². The maximum Gasteiger partial charge on any atom is 0.146 e. The van der Waals surface area contributed by atoms with Crippen LogP contribution in [0.5, 0.6) is 0 Å². The van der Waals surface area contributed by atoms with Gasteiger partial charge in [0.05, 0.1) is 13.5 Å². The van der Waals surface area contributed by atoms with Crippen molar-refractivity contribution in [2.75, 3.05) is 7.11 Å². The van der Waals surface area contributed by atoms with E-state index in [1.54, 1.807) is 19.2 Å². The van der Waals surface area contributed by atoms with Gasteiger partial charge in [0.2, 0.25) is 0 Å². The molecule has 0 saturated heterocycles. The molecule has 0 aliphatic carbocycles. The Morgan fingerprint density at radius 1 is 1.08 bits per heavy atom. The molecule has 0 unspecified atom stereocenters. The van der Waals surface area contributed by atoms with Gasteiger partial charge < -0.3 is 4.74 Å². The summed E-state index contributed by atoms with van der Waals surface area (Å²) < 4.78 is 28.3. The minimum Gasteiger partial charge on any atom is -0.380 e. The van der Waals surface area contributed by atoms with Gasteiger partial charge in [-0.1, -0.05) is 65.6 Å². The van der Waals surface area contributed by atoms with Crippen LogP contribution in [0.2, 0.25) is 16.6 Å². The van der Waals surface area contributed by atoms with Crippen molar-refractivity contribution in [3.63, 3.8) is 0 Å². The molecule has 2 aromatic carbocycles. The Hall–Kier alpha value is -1.63. The van der Waals surface area contributed by atoms with E-state index in [0.29, 0.717) is 40.2 Å². The molecular weight excluding hydrogens is 339 g/mol. The van der Waals surface area contributed by atoms with Crippen LogP contribution in [-0.2, 0) is 11.3 Å². The van der Waals surface area contributed by atoms with Crippen molar-refractivity contribution in [2.24, 2.45) is 0 Å². The lowest BCUT2D eigenvalue weighted by Gasteiger charge is -2.38. The number of hydrogen-bond acceptors (Lipinski definition) is 1. The van der Waals surface area contributed by atoms with Gasteiger partial charge in [0.1, 0.15) is 13.9 Å².